The average Bonchev–Trinajstić information content (AvgIpc) is 3.04. The van der Waals surface area contributed by atoms with Crippen molar-refractivity contribution in [3.8, 4) is 0 Å². The fourth-order valence-corrected chi connectivity index (χ4v) is 7.95. The highest BCUT2D eigenvalue weighted by atomic mass is 28.3. The first-order valence-corrected chi connectivity index (χ1v) is 17.9. The minimum absolute atomic E-state index is 0.159. The van der Waals surface area contributed by atoms with Crippen molar-refractivity contribution in [2.75, 3.05) is 0 Å². The monoisotopic (exact) mass is 1010 g/mol. The van der Waals surface area contributed by atoms with Gasteiger partial charge in [0.25, 0.3) is 0 Å². The van der Waals surface area contributed by atoms with Crippen molar-refractivity contribution in [1.82, 2.24) is 0 Å². The van der Waals surface area contributed by atoms with E-state index in [0.29, 0.717) is 0 Å². The molecule has 1 nitrogen and oxygen atoms in total. The lowest BCUT2D eigenvalue weighted by atomic mass is 9.88. The molecule has 0 aromatic heterocycles. The second-order valence-electron chi connectivity index (χ2n) is 13.1. The van der Waals surface area contributed by atoms with Crippen molar-refractivity contribution < 1.29 is 149 Å². The molecule has 0 aliphatic carbocycles. The van der Waals surface area contributed by atoms with Crippen LogP contribution in [0.5, 0.6) is 0 Å². The fraction of sp³-hybridized carbons (Fsp3) is 1.00. The van der Waals surface area contributed by atoms with Gasteiger partial charge in [-0.2, -0.15) is 149 Å². The van der Waals surface area contributed by atoms with E-state index in [1.54, 1.807) is 0 Å². The first-order chi connectivity index (χ1) is 26.0. The molecule has 0 saturated heterocycles. The third-order valence-corrected chi connectivity index (χ3v) is 12.6. The zero-order valence-corrected chi connectivity index (χ0v) is 29.6. The minimum Gasteiger partial charge on any atom is -0.351 e. The second-order valence-corrected chi connectivity index (χ2v) is 17.3. The van der Waals surface area contributed by atoms with E-state index in [2.05, 4.69) is 0 Å². The van der Waals surface area contributed by atoms with E-state index >= 15 is 0 Å². The van der Waals surface area contributed by atoms with Crippen LogP contribution in [0.2, 0.25) is 18.1 Å². The number of hydrogen-bond donors (Lipinski definition) is 1. The van der Waals surface area contributed by atoms with Gasteiger partial charge in [-0.05, 0) is 18.1 Å². The Balaban J connectivity index is 7.07. The Morgan fingerprint density at radius 1 is 0.279 bits per heavy atom. The molecule has 0 aliphatic heterocycles. The third-order valence-electron chi connectivity index (χ3n) is 8.73. The van der Waals surface area contributed by atoms with Crippen molar-refractivity contribution in [2.45, 2.75) is 152 Å². The minimum atomic E-state index is -9.10. The van der Waals surface area contributed by atoms with Gasteiger partial charge in [-0.15, -0.1) is 0 Å². The zero-order chi connectivity index (χ0) is 50.2. The molecule has 0 radical (unpaired) electrons. The Labute approximate surface area is 316 Å². The molecule has 0 aromatic carbocycles. The number of halogens is 34. The Kier molecular flexibility index (Phi) is 15.5. The van der Waals surface area contributed by atoms with E-state index in [-0.39, 0.29) is 6.42 Å². The number of unbranched alkanes of at least 4 members (excludes halogenated alkanes) is 2. The molecule has 0 unspecified atom stereocenters. The highest BCUT2D eigenvalue weighted by Crippen LogP contribution is 2.66. The Morgan fingerprint density at radius 2 is 0.475 bits per heavy atom. The molecule has 0 saturated carbocycles. The van der Waals surface area contributed by atoms with Crippen LogP contribution in [0.3, 0.4) is 0 Å². The lowest BCUT2D eigenvalue weighted by Crippen LogP contribution is -2.74. The van der Waals surface area contributed by atoms with E-state index in [4.69, 9.17) is 5.40 Å². The summed E-state index contributed by atoms with van der Waals surface area (Å²) in [7, 11) is -5.57. The third kappa shape index (κ3) is 8.70. The van der Waals surface area contributed by atoms with E-state index in [0.717, 1.165) is 6.92 Å². The standard InChI is InChI=1S/C25H21F34NSi/c1-2-3-4-7-61(60,8-5-10(26,27)12(30,31)14(34,35)16(38,39)18(42,43)20(46,47)22(50,51)24(54,55)56)9-6-11(28,29)13(32,33)15(36,37)17(40,41)19(44,45)21(48,49)23(52,53)25(57,58)59/h2-9,60H2,1H3. The average molecular weight is 1010 g/mol. The normalized spacial score (nSPS) is 16.7. The zero-order valence-electron chi connectivity index (χ0n) is 28.6. The lowest BCUT2D eigenvalue weighted by molar-refractivity contribution is -0.461. The maximum Gasteiger partial charge on any atom is 0.460 e. The Hall–Kier alpha value is -2.20. The van der Waals surface area contributed by atoms with Crippen molar-refractivity contribution in [2.24, 2.45) is 5.40 Å². The van der Waals surface area contributed by atoms with Crippen LogP contribution in [-0.2, 0) is 0 Å². The van der Waals surface area contributed by atoms with Crippen molar-refractivity contribution >= 4 is 8.24 Å². The molecule has 0 atom stereocenters. The van der Waals surface area contributed by atoms with Gasteiger partial charge >= 0.3 is 95.3 Å². The molecule has 36 heteroatoms. The number of nitrogens with two attached hydrogens (primary N) is 1. The first kappa shape index (κ1) is 58.8. The maximum atomic E-state index is 14.5. The SMILES string of the molecule is CCCCC[Si](N)(CCC(F)(F)C(F)(F)C(F)(F)C(F)(F)C(F)(F)C(F)(F)C(F)(F)C(F)(F)F)CCC(F)(F)C(F)(F)C(F)(F)C(F)(F)C(F)(F)C(F)(F)C(F)(F)C(F)(F)F. The molecule has 0 heterocycles. The predicted octanol–water partition coefficient (Wildman–Crippen LogP) is 13.9. The molecule has 0 aromatic rings. The van der Waals surface area contributed by atoms with Gasteiger partial charge in [0.2, 0.25) is 0 Å². The largest absolute Gasteiger partial charge is 0.460 e. The summed E-state index contributed by atoms with van der Waals surface area (Å²) in [6.45, 7) is 1.15. The molecule has 0 amide bonds. The van der Waals surface area contributed by atoms with Crippen LogP contribution in [0.25, 0.3) is 0 Å². The van der Waals surface area contributed by atoms with Crippen molar-refractivity contribution in [3.05, 3.63) is 0 Å². The summed E-state index contributed by atoms with van der Waals surface area (Å²) in [5.41, 5.74) is 0. The van der Waals surface area contributed by atoms with E-state index in [1.165, 1.54) is 0 Å². The van der Waals surface area contributed by atoms with Crippen LogP contribution >= 0.6 is 0 Å². The van der Waals surface area contributed by atoms with Crippen LogP contribution in [0, 0.1) is 0 Å². The Morgan fingerprint density at radius 3 is 0.672 bits per heavy atom. The van der Waals surface area contributed by atoms with Crippen LogP contribution in [0.1, 0.15) is 39.0 Å². The van der Waals surface area contributed by atoms with E-state index in [9.17, 15) is 149 Å². The van der Waals surface area contributed by atoms with Crippen LogP contribution in [-0.4, -0.2) is 104 Å². The summed E-state index contributed by atoms with van der Waals surface area (Å²) >= 11 is 0. The van der Waals surface area contributed by atoms with Gasteiger partial charge in [0.15, 0.2) is 0 Å². The highest BCUT2D eigenvalue weighted by Gasteiger charge is 2.97. The number of hydrogen-bond acceptors (Lipinski definition) is 1. The Bertz CT molecular complexity index is 1390. The number of rotatable bonds is 22. The van der Waals surface area contributed by atoms with Gasteiger partial charge < -0.3 is 5.40 Å². The molecule has 2 N–H and O–H groups in total. The number of alkyl halides is 34. The summed E-state index contributed by atoms with van der Waals surface area (Å²) in [5.74, 6) is -121. The molecule has 0 aliphatic rings. The van der Waals surface area contributed by atoms with Crippen LogP contribution < -0.4 is 5.40 Å². The van der Waals surface area contributed by atoms with E-state index < -0.39 is 147 Å². The summed E-state index contributed by atoms with van der Waals surface area (Å²) in [6.07, 6.45) is -24.6. The smallest absolute Gasteiger partial charge is 0.351 e. The highest BCUT2D eigenvalue weighted by molar-refractivity contribution is 6.76. The second kappa shape index (κ2) is 16.0. The summed E-state index contributed by atoms with van der Waals surface area (Å²) in [6, 6.07) is -6.44. The molecule has 0 rings (SSSR count). The summed E-state index contributed by atoms with van der Waals surface area (Å²) in [5, 5.41) is 5.35. The molecule has 368 valence electrons. The summed E-state index contributed by atoms with van der Waals surface area (Å²) < 4.78 is 461. The van der Waals surface area contributed by atoms with Gasteiger partial charge in [0.05, 0.1) is 0 Å². The van der Waals surface area contributed by atoms with E-state index in [1.807, 2.05) is 0 Å². The fourth-order valence-electron chi connectivity index (χ4n) is 4.62. The van der Waals surface area contributed by atoms with Gasteiger partial charge in [-0.1, -0.05) is 26.2 Å². The van der Waals surface area contributed by atoms with Crippen molar-refractivity contribution in [3.63, 3.8) is 0 Å². The molecular weight excluding hydrogens is 988 g/mol. The molecule has 0 spiro atoms. The lowest BCUT2D eigenvalue weighted by Gasteiger charge is -2.43. The van der Waals surface area contributed by atoms with Gasteiger partial charge in [-0.25, -0.2) is 0 Å². The van der Waals surface area contributed by atoms with Gasteiger partial charge in [-0.3, -0.25) is 0 Å². The quantitative estimate of drug-likeness (QED) is 0.0653. The topological polar surface area (TPSA) is 26.0 Å². The van der Waals surface area contributed by atoms with Crippen LogP contribution in [0.4, 0.5) is 149 Å². The van der Waals surface area contributed by atoms with Crippen molar-refractivity contribution in [1.29, 1.82) is 0 Å². The predicted molar refractivity (Wildman–Crippen MR) is 134 cm³/mol. The summed E-state index contributed by atoms with van der Waals surface area (Å²) in [4.78, 5) is 0. The molecule has 0 bridgehead atoms. The molecule has 0 fully saturated rings. The molecule has 61 heavy (non-hydrogen) atoms. The molecular formula is C25H21F34NSi. The van der Waals surface area contributed by atoms with Crippen LogP contribution in [0.15, 0.2) is 0 Å². The van der Waals surface area contributed by atoms with Gasteiger partial charge in [0.1, 0.15) is 8.24 Å². The maximum absolute atomic E-state index is 14.5. The van der Waals surface area contributed by atoms with Gasteiger partial charge in [0, 0.05) is 12.8 Å². The first-order valence-electron chi connectivity index (χ1n) is 15.2.